The van der Waals surface area contributed by atoms with Crippen LogP contribution in [0.25, 0.3) is 0 Å². The molecule has 1 aromatic rings. The molecule has 0 aromatic heterocycles. The Hall–Kier alpha value is -1.09. The molecule has 0 bridgehead atoms. The minimum absolute atomic E-state index is 0.00223. The van der Waals surface area contributed by atoms with Crippen molar-refractivity contribution >= 4 is 21.7 Å². The molecule has 1 rings (SSSR count). The number of aliphatic hydroxyl groups is 1. The maximum atomic E-state index is 11.6. The lowest BCUT2D eigenvalue weighted by Gasteiger charge is -2.04. The fourth-order valence-electron chi connectivity index (χ4n) is 1.36. The molecule has 0 spiro atoms. The van der Waals surface area contributed by atoms with Gasteiger partial charge in [-0.1, -0.05) is 48.0 Å². The van der Waals surface area contributed by atoms with Crippen molar-refractivity contribution in [2.24, 2.45) is 5.92 Å². The van der Waals surface area contributed by atoms with E-state index >= 15 is 0 Å². The SMILES string of the molecule is CC(C)/C(O)=C/C(=O)CCc1ccccc1Br. The maximum absolute atomic E-state index is 11.6. The van der Waals surface area contributed by atoms with Crippen LogP contribution < -0.4 is 0 Å². The second-order valence-electron chi connectivity index (χ2n) is 4.28. The lowest BCUT2D eigenvalue weighted by molar-refractivity contribution is -0.114. The molecule has 0 atom stereocenters. The van der Waals surface area contributed by atoms with Gasteiger partial charge in [-0.05, 0) is 18.1 Å². The molecule has 0 saturated carbocycles. The van der Waals surface area contributed by atoms with Gasteiger partial charge in [0.15, 0.2) is 5.78 Å². The summed E-state index contributed by atoms with van der Waals surface area (Å²) in [5.41, 5.74) is 1.11. The summed E-state index contributed by atoms with van der Waals surface area (Å²) in [7, 11) is 0. The number of aliphatic hydroxyl groups excluding tert-OH is 1. The summed E-state index contributed by atoms with van der Waals surface area (Å²) in [4.78, 5) is 11.6. The number of allylic oxidation sites excluding steroid dienone is 2. The normalized spacial score (nSPS) is 11.9. The van der Waals surface area contributed by atoms with E-state index in [4.69, 9.17) is 0 Å². The zero-order valence-corrected chi connectivity index (χ0v) is 11.7. The number of hydrogen-bond acceptors (Lipinski definition) is 2. The van der Waals surface area contributed by atoms with Crippen LogP contribution in [-0.2, 0) is 11.2 Å². The Morgan fingerprint density at radius 3 is 2.65 bits per heavy atom. The Morgan fingerprint density at radius 1 is 1.41 bits per heavy atom. The number of carbonyl (C=O) groups excluding carboxylic acids is 1. The molecule has 3 heteroatoms. The minimum Gasteiger partial charge on any atom is -0.512 e. The molecule has 0 radical (unpaired) electrons. The van der Waals surface area contributed by atoms with Crippen LogP contribution in [0.5, 0.6) is 0 Å². The molecule has 2 nitrogen and oxygen atoms in total. The first-order valence-electron chi connectivity index (χ1n) is 5.67. The van der Waals surface area contributed by atoms with Gasteiger partial charge in [0.05, 0.1) is 5.76 Å². The number of hydrogen-bond donors (Lipinski definition) is 1. The van der Waals surface area contributed by atoms with Crippen molar-refractivity contribution in [2.75, 3.05) is 0 Å². The first-order valence-corrected chi connectivity index (χ1v) is 6.46. The van der Waals surface area contributed by atoms with Crippen LogP contribution >= 0.6 is 15.9 Å². The monoisotopic (exact) mass is 296 g/mol. The van der Waals surface area contributed by atoms with Gasteiger partial charge in [-0.2, -0.15) is 0 Å². The highest BCUT2D eigenvalue weighted by atomic mass is 79.9. The predicted octanol–water partition coefficient (Wildman–Crippen LogP) is 4.05. The highest BCUT2D eigenvalue weighted by Gasteiger charge is 2.06. The topological polar surface area (TPSA) is 37.3 Å². The van der Waals surface area contributed by atoms with Gasteiger partial charge in [0.1, 0.15) is 0 Å². The van der Waals surface area contributed by atoms with E-state index < -0.39 is 0 Å². The quantitative estimate of drug-likeness (QED) is 0.657. The Labute approximate surface area is 110 Å². The fourth-order valence-corrected chi connectivity index (χ4v) is 1.85. The van der Waals surface area contributed by atoms with Gasteiger partial charge in [0.25, 0.3) is 0 Å². The van der Waals surface area contributed by atoms with Gasteiger partial charge in [-0.25, -0.2) is 0 Å². The van der Waals surface area contributed by atoms with E-state index in [0.717, 1.165) is 10.0 Å². The summed E-state index contributed by atoms with van der Waals surface area (Å²) in [5, 5.41) is 9.48. The molecule has 0 heterocycles. The van der Waals surface area contributed by atoms with Gasteiger partial charge >= 0.3 is 0 Å². The van der Waals surface area contributed by atoms with Crippen molar-refractivity contribution in [1.82, 2.24) is 0 Å². The number of halogens is 1. The summed E-state index contributed by atoms with van der Waals surface area (Å²) < 4.78 is 1.02. The van der Waals surface area contributed by atoms with Gasteiger partial charge in [-0.3, -0.25) is 4.79 Å². The Morgan fingerprint density at radius 2 is 2.06 bits per heavy atom. The van der Waals surface area contributed by atoms with Crippen molar-refractivity contribution in [3.8, 4) is 0 Å². The van der Waals surface area contributed by atoms with E-state index in [1.165, 1.54) is 6.08 Å². The van der Waals surface area contributed by atoms with Crippen LogP contribution in [0.4, 0.5) is 0 Å². The summed E-state index contributed by atoms with van der Waals surface area (Å²) in [6, 6.07) is 7.84. The van der Waals surface area contributed by atoms with Crippen LogP contribution in [0.2, 0.25) is 0 Å². The Kier molecular flexibility index (Phi) is 5.42. The van der Waals surface area contributed by atoms with Crippen LogP contribution in [0.15, 0.2) is 40.6 Å². The van der Waals surface area contributed by atoms with E-state index in [1.807, 2.05) is 38.1 Å². The molecule has 0 unspecified atom stereocenters. The van der Waals surface area contributed by atoms with E-state index in [2.05, 4.69) is 15.9 Å². The second kappa shape index (κ2) is 6.60. The lowest BCUT2D eigenvalue weighted by Crippen LogP contribution is -2.01. The molecule has 0 fully saturated rings. The number of carbonyl (C=O) groups is 1. The van der Waals surface area contributed by atoms with Crippen molar-refractivity contribution in [3.63, 3.8) is 0 Å². The molecule has 0 saturated heterocycles. The van der Waals surface area contributed by atoms with Crippen molar-refractivity contribution in [1.29, 1.82) is 0 Å². The molecule has 0 amide bonds. The Balaban J connectivity index is 2.55. The van der Waals surface area contributed by atoms with E-state index in [9.17, 15) is 9.90 Å². The third-order valence-electron chi connectivity index (χ3n) is 2.50. The molecule has 0 aliphatic carbocycles. The molecular weight excluding hydrogens is 280 g/mol. The molecular formula is C14H17BrO2. The number of aryl methyl sites for hydroxylation is 1. The number of benzene rings is 1. The Bertz CT molecular complexity index is 422. The van der Waals surface area contributed by atoms with Crippen LogP contribution in [0, 0.1) is 5.92 Å². The van der Waals surface area contributed by atoms with Crippen LogP contribution in [-0.4, -0.2) is 10.9 Å². The minimum atomic E-state index is -0.0352. The van der Waals surface area contributed by atoms with Gasteiger partial charge < -0.3 is 5.11 Å². The highest BCUT2D eigenvalue weighted by molar-refractivity contribution is 9.10. The summed E-state index contributed by atoms with van der Waals surface area (Å²) in [6.07, 6.45) is 2.43. The largest absolute Gasteiger partial charge is 0.512 e. The first-order chi connectivity index (χ1) is 8.00. The zero-order valence-electron chi connectivity index (χ0n) is 10.1. The summed E-state index contributed by atoms with van der Waals surface area (Å²) >= 11 is 3.44. The number of rotatable bonds is 5. The summed E-state index contributed by atoms with van der Waals surface area (Å²) in [6.45, 7) is 3.71. The molecule has 0 aliphatic rings. The third kappa shape index (κ3) is 4.73. The molecule has 1 aromatic carbocycles. The van der Waals surface area contributed by atoms with Crippen LogP contribution in [0.3, 0.4) is 0 Å². The van der Waals surface area contributed by atoms with E-state index in [0.29, 0.717) is 12.8 Å². The van der Waals surface area contributed by atoms with Crippen LogP contribution in [0.1, 0.15) is 25.8 Å². The van der Waals surface area contributed by atoms with Crippen molar-refractivity contribution < 1.29 is 9.90 Å². The van der Waals surface area contributed by atoms with E-state index in [1.54, 1.807) is 0 Å². The molecule has 17 heavy (non-hydrogen) atoms. The van der Waals surface area contributed by atoms with Gasteiger partial charge in [0, 0.05) is 22.9 Å². The average Bonchev–Trinajstić information content (AvgIpc) is 2.27. The average molecular weight is 297 g/mol. The third-order valence-corrected chi connectivity index (χ3v) is 3.27. The van der Waals surface area contributed by atoms with E-state index in [-0.39, 0.29) is 17.5 Å². The maximum Gasteiger partial charge on any atom is 0.159 e. The molecule has 1 N–H and O–H groups in total. The molecule has 92 valence electrons. The second-order valence-corrected chi connectivity index (χ2v) is 5.14. The van der Waals surface area contributed by atoms with Crippen molar-refractivity contribution in [2.45, 2.75) is 26.7 Å². The van der Waals surface area contributed by atoms with Gasteiger partial charge in [-0.15, -0.1) is 0 Å². The first kappa shape index (κ1) is 14.0. The van der Waals surface area contributed by atoms with Gasteiger partial charge in [0.2, 0.25) is 0 Å². The fraction of sp³-hybridized carbons (Fsp3) is 0.357. The summed E-state index contributed by atoms with van der Waals surface area (Å²) in [5.74, 6) is 0.122. The zero-order chi connectivity index (χ0) is 12.8. The predicted molar refractivity (Wildman–Crippen MR) is 73.0 cm³/mol. The lowest BCUT2D eigenvalue weighted by atomic mass is 10.1. The smallest absolute Gasteiger partial charge is 0.159 e. The standard InChI is InChI=1S/C14H17BrO2/c1-10(2)14(17)9-12(16)8-7-11-5-3-4-6-13(11)15/h3-6,9-10,17H,7-8H2,1-2H3/b14-9-. The number of ketones is 1. The van der Waals surface area contributed by atoms with Crippen molar-refractivity contribution in [3.05, 3.63) is 46.1 Å². The molecule has 0 aliphatic heterocycles. The highest BCUT2D eigenvalue weighted by Crippen LogP contribution is 2.17.